The molecule has 1 atom stereocenters. The molecule has 1 unspecified atom stereocenters. The third kappa shape index (κ3) is 2.34. The van der Waals surface area contributed by atoms with E-state index in [0.29, 0.717) is 11.6 Å². The largest absolute Gasteiger partial charge is 0.388 e. The summed E-state index contributed by atoms with van der Waals surface area (Å²) in [6.45, 7) is 2.49. The number of aliphatic hydroxyl groups excluding tert-OH is 1. The van der Waals surface area contributed by atoms with Crippen molar-refractivity contribution in [2.24, 2.45) is 0 Å². The van der Waals surface area contributed by atoms with Crippen LogP contribution in [0.1, 0.15) is 37.1 Å². The fraction of sp³-hybridized carbons (Fsp3) is 0.583. The predicted octanol–water partition coefficient (Wildman–Crippen LogP) is 1.93. The van der Waals surface area contributed by atoms with Crippen LogP contribution in [0.25, 0.3) is 11.2 Å². The molecule has 0 radical (unpaired) electrons. The number of fused-ring (bicyclic) bond motifs is 1. The van der Waals surface area contributed by atoms with E-state index < -0.39 is 0 Å². The van der Waals surface area contributed by atoms with Gasteiger partial charge < -0.3 is 9.84 Å². The maximum atomic E-state index is 9.52. The molecule has 0 spiro atoms. The molecule has 1 aliphatic heterocycles. The average Bonchev–Trinajstić information content (AvgIpc) is 2.78. The fourth-order valence-corrected chi connectivity index (χ4v) is 3.14. The Kier molecular flexibility index (Phi) is 3.68. The van der Waals surface area contributed by atoms with Gasteiger partial charge in [-0.1, -0.05) is 0 Å². The second kappa shape index (κ2) is 5.29. The van der Waals surface area contributed by atoms with Gasteiger partial charge in [0.1, 0.15) is 33.7 Å². The number of nitrogens with zero attached hydrogens (tertiary/aromatic N) is 4. The number of aromatic nitrogens is 4. The summed E-state index contributed by atoms with van der Waals surface area (Å²) in [4.78, 5) is 13.2. The zero-order valence-corrected chi connectivity index (χ0v) is 12.8. The van der Waals surface area contributed by atoms with Gasteiger partial charge in [-0.05, 0) is 48.8 Å². The van der Waals surface area contributed by atoms with Gasteiger partial charge in [-0.25, -0.2) is 15.0 Å². The summed E-state index contributed by atoms with van der Waals surface area (Å²) in [6.07, 6.45) is 3.06. The molecule has 0 aliphatic carbocycles. The van der Waals surface area contributed by atoms with Crippen molar-refractivity contribution in [1.29, 1.82) is 0 Å². The summed E-state index contributed by atoms with van der Waals surface area (Å²) in [5.74, 6) is 1.30. The molecule has 19 heavy (non-hydrogen) atoms. The van der Waals surface area contributed by atoms with Crippen molar-refractivity contribution in [1.82, 2.24) is 19.5 Å². The molecule has 1 N–H and O–H groups in total. The van der Waals surface area contributed by atoms with Gasteiger partial charge in [-0.15, -0.1) is 0 Å². The van der Waals surface area contributed by atoms with Gasteiger partial charge in [-0.3, -0.25) is 4.57 Å². The standard InChI is InChI=1S/C12H15IN4O2/c1-7-14-11(13)10-12(15-7)17(8(6-18)16-10)9-4-2-3-5-19-9/h9,18H,2-6H2,1H3. The van der Waals surface area contributed by atoms with E-state index in [1.54, 1.807) is 0 Å². The summed E-state index contributed by atoms with van der Waals surface area (Å²) in [5.41, 5.74) is 1.50. The Hall–Kier alpha value is -0.800. The van der Waals surface area contributed by atoms with Gasteiger partial charge >= 0.3 is 0 Å². The van der Waals surface area contributed by atoms with Crippen LogP contribution in [0.15, 0.2) is 0 Å². The number of rotatable bonds is 2. The Morgan fingerprint density at radius 2 is 2.21 bits per heavy atom. The van der Waals surface area contributed by atoms with Crippen LogP contribution >= 0.6 is 22.6 Å². The van der Waals surface area contributed by atoms with Gasteiger partial charge in [0.2, 0.25) is 0 Å². The summed E-state index contributed by atoms with van der Waals surface area (Å²) >= 11 is 2.15. The quantitative estimate of drug-likeness (QED) is 0.643. The highest BCUT2D eigenvalue weighted by Crippen LogP contribution is 2.29. The highest BCUT2D eigenvalue weighted by molar-refractivity contribution is 14.1. The summed E-state index contributed by atoms with van der Waals surface area (Å²) in [6, 6.07) is 0. The SMILES string of the molecule is Cc1nc(I)c2nc(CO)n(C3CCCCO3)c2n1. The molecule has 3 heterocycles. The van der Waals surface area contributed by atoms with Gasteiger partial charge in [0.25, 0.3) is 0 Å². The Morgan fingerprint density at radius 1 is 1.37 bits per heavy atom. The first-order chi connectivity index (χ1) is 9.20. The maximum absolute atomic E-state index is 9.52. The summed E-state index contributed by atoms with van der Waals surface area (Å²) < 4.78 is 8.53. The molecule has 1 fully saturated rings. The lowest BCUT2D eigenvalue weighted by atomic mass is 10.2. The molecule has 7 heteroatoms. The number of aliphatic hydroxyl groups is 1. The van der Waals surface area contributed by atoms with Crippen molar-refractivity contribution in [2.45, 2.75) is 39.0 Å². The molecule has 3 rings (SSSR count). The molecule has 1 saturated heterocycles. The van der Waals surface area contributed by atoms with Crippen molar-refractivity contribution in [3.8, 4) is 0 Å². The van der Waals surface area contributed by atoms with E-state index in [9.17, 15) is 5.11 Å². The van der Waals surface area contributed by atoms with E-state index in [0.717, 1.165) is 40.7 Å². The number of hydrogen-bond acceptors (Lipinski definition) is 5. The van der Waals surface area contributed by atoms with Gasteiger partial charge in [0, 0.05) is 6.61 Å². The van der Waals surface area contributed by atoms with E-state index in [4.69, 9.17) is 4.74 Å². The molecular weight excluding hydrogens is 359 g/mol. The number of aryl methyl sites for hydroxylation is 1. The topological polar surface area (TPSA) is 73.1 Å². The molecule has 2 aromatic heterocycles. The monoisotopic (exact) mass is 374 g/mol. The van der Waals surface area contributed by atoms with Crippen LogP contribution in [0.4, 0.5) is 0 Å². The molecule has 102 valence electrons. The lowest BCUT2D eigenvalue weighted by molar-refractivity contribution is -0.0329. The van der Waals surface area contributed by atoms with Crippen molar-refractivity contribution < 1.29 is 9.84 Å². The molecule has 2 aromatic rings. The number of halogens is 1. The van der Waals surface area contributed by atoms with E-state index in [-0.39, 0.29) is 12.8 Å². The zero-order valence-electron chi connectivity index (χ0n) is 10.6. The van der Waals surface area contributed by atoms with E-state index in [1.165, 1.54) is 0 Å². The molecule has 0 saturated carbocycles. The third-order valence-electron chi connectivity index (χ3n) is 3.27. The Labute approximate surface area is 124 Å². The smallest absolute Gasteiger partial charge is 0.167 e. The van der Waals surface area contributed by atoms with Crippen LogP contribution < -0.4 is 0 Å². The summed E-state index contributed by atoms with van der Waals surface area (Å²) in [7, 11) is 0. The van der Waals surface area contributed by atoms with E-state index >= 15 is 0 Å². The predicted molar refractivity (Wildman–Crippen MR) is 77.5 cm³/mol. The Balaban J connectivity index is 2.19. The minimum atomic E-state index is -0.120. The fourth-order valence-electron chi connectivity index (χ4n) is 2.43. The molecule has 0 aromatic carbocycles. The number of hydrogen-bond donors (Lipinski definition) is 1. The number of ether oxygens (including phenoxy) is 1. The molecule has 1 aliphatic rings. The molecular formula is C12H15IN4O2. The summed E-state index contributed by atoms with van der Waals surface area (Å²) in [5, 5.41) is 9.52. The van der Waals surface area contributed by atoms with E-state index in [2.05, 4.69) is 37.5 Å². The molecule has 0 amide bonds. The molecule has 6 nitrogen and oxygen atoms in total. The zero-order chi connectivity index (χ0) is 13.4. The van der Waals surface area contributed by atoms with Crippen molar-refractivity contribution >= 4 is 33.8 Å². The first-order valence-electron chi connectivity index (χ1n) is 6.34. The van der Waals surface area contributed by atoms with Gasteiger partial charge in [0.05, 0.1) is 0 Å². The van der Waals surface area contributed by atoms with Crippen LogP contribution in [-0.2, 0) is 11.3 Å². The van der Waals surface area contributed by atoms with Crippen molar-refractivity contribution in [3.05, 3.63) is 15.3 Å². The lowest BCUT2D eigenvalue weighted by Gasteiger charge is -2.25. The van der Waals surface area contributed by atoms with Crippen molar-refractivity contribution in [3.63, 3.8) is 0 Å². The first kappa shape index (κ1) is 13.2. The maximum Gasteiger partial charge on any atom is 0.167 e. The van der Waals surface area contributed by atoms with Crippen LogP contribution in [-0.4, -0.2) is 31.2 Å². The van der Waals surface area contributed by atoms with Gasteiger partial charge in [-0.2, -0.15) is 0 Å². The van der Waals surface area contributed by atoms with E-state index in [1.807, 2.05) is 11.5 Å². The lowest BCUT2D eigenvalue weighted by Crippen LogP contribution is -2.20. The third-order valence-corrected chi connectivity index (χ3v) is 4.02. The van der Waals surface area contributed by atoms with Crippen LogP contribution in [0.5, 0.6) is 0 Å². The second-order valence-corrected chi connectivity index (χ2v) is 5.63. The Morgan fingerprint density at radius 3 is 2.89 bits per heavy atom. The number of imidazole rings is 1. The Bertz CT molecular complexity index is 607. The minimum absolute atomic E-state index is 0.0778. The normalized spacial score (nSPS) is 20.1. The van der Waals surface area contributed by atoms with Crippen molar-refractivity contribution in [2.75, 3.05) is 6.61 Å². The molecule has 0 bridgehead atoms. The van der Waals surface area contributed by atoms with Crippen LogP contribution in [0.3, 0.4) is 0 Å². The van der Waals surface area contributed by atoms with Gasteiger partial charge in [0.15, 0.2) is 5.65 Å². The first-order valence-corrected chi connectivity index (χ1v) is 7.42. The second-order valence-electron chi connectivity index (χ2n) is 4.61. The van der Waals surface area contributed by atoms with Crippen LogP contribution in [0, 0.1) is 10.6 Å². The minimum Gasteiger partial charge on any atom is -0.388 e. The average molecular weight is 374 g/mol. The highest BCUT2D eigenvalue weighted by atomic mass is 127. The van der Waals surface area contributed by atoms with Crippen LogP contribution in [0.2, 0.25) is 0 Å². The highest BCUT2D eigenvalue weighted by Gasteiger charge is 2.24.